The monoisotopic (exact) mass is 638 g/mol. The van der Waals surface area contributed by atoms with E-state index < -0.39 is 0 Å². The molecule has 0 fully saturated rings. The third kappa shape index (κ3) is 5.24. The van der Waals surface area contributed by atoms with E-state index in [1.54, 1.807) is 0 Å². The lowest BCUT2D eigenvalue weighted by Gasteiger charge is -2.28. The second kappa shape index (κ2) is 11.1. The molecule has 5 heteroatoms. The molecule has 0 bridgehead atoms. The van der Waals surface area contributed by atoms with Gasteiger partial charge in [-0.3, -0.25) is 0 Å². The molecule has 1 radical (unpaired) electrons. The van der Waals surface area contributed by atoms with Crippen LogP contribution in [0.5, 0.6) is 0 Å². The predicted molar refractivity (Wildman–Crippen MR) is 171 cm³/mol. The Morgan fingerprint density at radius 2 is 1.76 bits per heavy atom. The molecule has 0 spiro atoms. The number of allylic oxidation sites excluding steroid dienone is 6. The van der Waals surface area contributed by atoms with Crippen molar-refractivity contribution in [3.05, 3.63) is 92.5 Å². The van der Waals surface area contributed by atoms with Gasteiger partial charge in [-0.1, -0.05) is 47.4 Å². The van der Waals surface area contributed by atoms with Gasteiger partial charge in [0.15, 0.2) is 0 Å². The maximum absolute atomic E-state index is 2.50. The molecule has 2 heterocycles. The Hall–Kier alpha value is -1.83. The number of rotatable bonds is 4. The van der Waals surface area contributed by atoms with Gasteiger partial charge in [-0.05, 0) is 111 Å². The Morgan fingerprint density at radius 1 is 0.973 bits per heavy atom. The first-order chi connectivity index (χ1) is 17.5. The quantitative estimate of drug-likeness (QED) is 0.208. The number of aromatic nitrogens is 1. The zero-order chi connectivity index (χ0) is 24.8. The second-order valence-corrected chi connectivity index (χ2v) is 12.4. The van der Waals surface area contributed by atoms with Crippen LogP contribution in [-0.4, -0.2) is 6.54 Å². The van der Waals surface area contributed by atoms with Crippen molar-refractivity contribution in [2.24, 2.45) is 5.92 Å². The van der Waals surface area contributed by atoms with Crippen molar-refractivity contribution >= 4 is 69.1 Å². The molecule has 1 aliphatic heterocycles. The van der Waals surface area contributed by atoms with Gasteiger partial charge >= 0.3 is 0 Å². The first-order valence-corrected chi connectivity index (χ1v) is 15.0. The normalized spacial score (nSPS) is 21.1. The summed E-state index contributed by atoms with van der Waals surface area (Å²) in [7, 11) is 0. The van der Waals surface area contributed by atoms with Crippen molar-refractivity contribution in [2.75, 3.05) is 11.4 Å². The number of benzene rings is 2. The number of hydrogen-bond acceptors (Lipinski definition) is 3. The van der Waals surface area contributed by atoms with Gasteiger partial charge in [0, 0.05) is 47.6 Å². The van der Waals surface area contributed by atoms with Gasteiger partial charge in [-0.15, -0.1) is 0 Å². The highest BCUT2D eigenvalue weighted by Crippen LogP contribution is 2.47. The van der Waals surface area contributed by atoms with E-state index in [1.165, 1.54) is 84.4 Å². The minimum absolute atomic E-state index is 0. The highest BCUT2D eigenvalue weighted by Gasteiger charge is 2.27. The number of nitrogens with zero attached hydrogens (tertiary/aromatic N) is 2. The van der Waals surface area contributed by atoms with E-state index in [0.717, 1.165) is 13.1 Å². The molecule has 2 nitrogen and oxygen atoms in total. The van der Waals surface area contributed by atoms with Crippen LogP contribution in [0.25, 0.3) is 16.3 Å². The van der Waals surface area contributed by atoms with Crippen LogP contribution in [-0.2, 0) is 6.54 Å². The fourth-order valence-electron chi connectivity index (χ4n) is 5.85. The second-order valence-electron chi connectivity index (χ2n) is 10.3. The van der Waals surface area contributed by atoms with Crippen LogP contribution in [0.1, 0.15) is 55.7 Å². The Kier molecular flexibility index (Phi) is 8.04. The number of halogens is 1. The zero-order valence-electron chi connectivity index (χ0n) is 22.2. The molecule has 1 unspecified atom stereocenters. The van der Waals surface area contributed by atoms with E-state index >= 15 is 0 Å². The van der Waals surface area contributed by atoms with Crippen LogP contribution in [0.15, 0.2) is 81.3 Å². The topological polar surface area (TPSA) is 7.12 Å². The van der Waals surface area contributed by atoms with Crippen LogP contribution in [0.4, 0.5) is 5.69 Å². The average Bonchev–Trinajstić information content (AvgIpc) is 3.39. The lowest BCUT2D eigenvalue weighted by Crippen LogP contribution is -2.33. The number of anilines is 1. The Balaban J connectivity index is 0.00000280. The largest absolute Gasteiger partial charge is 0.335 e. The summed E-state index contributed by atoms with van der Waals surface area (Å²) in [5.41, 5.74) is 9.88. The van der Waals surface area contributed by atoms with Crippen LogP contribution in [0.2, 0.25) is 0 Å². The number of aryl methyl sites for hydroxylation is 3. The molecule has 0 amide bonds. The molecule has 3 aromatic rings. The molecule has 0 saturated carbocycles. The summed E-state index contributed by atoms with van der Waals surface area (Å²) in [4.78, 5) is 3.86. The molecular formula is C32H35IN2S2+. The van der Waals surface area contributed by atoms with Gasteiger partial charge in [0.1, 0.15) is 11.2 Å². The van der Waals surface area contributed by atoms with Gasteiger partial charge in [0.2, 0.25) is 5.52 Å². The first-order valence-electron chi connectivity index (χ1n) is 13.4. The maximum atomic E-state index is 2.50. The van der Waals surface area contributed by atoms with Crippen LogP contribution in [0, 0.1) is 19.8 Å². The Labute approximate surface area is 246 Å². The molecule has 0 saturated heterocycles. The minimum atomic E-state index is 0. The summed E-state index contributed by atoms with van der Waals surface area (Å²) in [5, 5.41) is 2.75. The van der Waals surface area contributed by atoms with Gasteiger partial charge < -0.3 is 4.90 Å². The summed E-state index contributed by atoms with van der Waals surface area (Å²) in [6.07, 6.45) is 14.8. The molecule has 37 heavy (non-hydrogen) atoms. The Morgan fingerprint density at radius 3 is 2.57 bits per heavy atom. The summed E-state index contributed by atoms with van der Waals surface area (Å²) >= 11 is 3.86. The third-order valence-corrected chi connectivity index (χ3v) is 9.95. The molecule has 2 aromatic carbocycles. The summed E-state index contributed by atoms with van der Waals surface area (Å²) in [6.45, 7) is 10.9. The third-order valence-electron chi connectivity index (χ3n) is 7.76. The number of hydrogen-bond donors (Lipinski definition) is 0. The molecule has 191 valence electrons. The van der Waals surface area contributed by atoms with Gasteiger partial charge in [-0.2, -0.15) is 4.57 Å². The highest BCUT2D eigenvalue weighted by atomic mass is 127. The van der Waals surface area contributed by atoms with Crippen molar-refractivity contribution in [1.82, 2.24) is 0 Å². The van der Waals surface area contributed by atoms with E-state index in [9.17, 15) is 0 Å². The lowest BCUT2D eigenvalue weighted by molar-refractivity contribution is -0.665. The van der Waals surface area contributed by atoms with Crippen molar-refractivity contribution < 1.29 is 4.57 Å². The summed E-state index contributed by atoms with van der Waals surface area (Å²) in [5.74, 6) is 0.714. The molecule has 0 N–H and O–H groups in total. The SMILES string of the molecule is CCN1C(=CC2=CC3=CC(=Cc4sc5cc(C)ccc5[n+]4CC)CCC3CC2)Sc2cc(C)ccc21.[I]. The van der Waals surface area contributed by atoms with E-state index in [-0.39, 0.29) is 24.0 Å². The summed E-state index contributed by atoms with van der Waals surface area (Å²) < 4.78 is 3.86. The average molecular weight is 639 g/mol. The van der Waals surface area contributed by atoms with E-state index in [1.807, 2.05) is 23.1 Å². The molecule has 2 aliphatic carbocycles. The van der Waals surface area contributed by atoms with Gasteiger partial charge in [0.25, 0.3) is 5.01 Å². The first kappa shape index (κ1) is 26.8. The molecule has 1 atom stereocenters. The summed E-state index contributed by atoms with van der Waals surface area (Å²) in [6, 6.07) is 13.7. The molecular weight excluding hydrogens is 603 g/mol. The van der Waals surface area contributed by atoms with Crippen molar-refractivity contribution in [1.29, 1.82) is 0 Å². The number of thiazole rings is 1. The van der Waals surface area contributed by atoms with E-state index in [4.69, 9.17) is 0 Å². The standard InChI is InChI=1S/C32H35N2S2.I/c1-5-33-27-13-7-21(3)15-29(27)35-31(33)19-23-9-11-25-12-10-24(18-26(25)17-23)20-32-34(6-2)28-14-8-22(4)16-30(28)36-32;/h7-8,13-20,25H,5-6,9-12H2,1-4H3;/q+1;. The smallest absolute Gasteiger partial charge is 0.263 e. The lowest BCUT2D eigenvalue weighted by atomic mass is 9.77. The van der Waals surface area contributed by atoms with Crippen LogP contribution < -0.4 is 9.47 Å². The van der Waals surface area contributed by atoms with Crippen molar-refractivity contribution in [3.8, 4) is 0 Å². The fraction of sp³-hybridized carbons (Fsp3) is 0.344. The van der Waals surface area contributed by atoms with E-state index in [2.05, 4.69) is 97.9 Å². The zero-order valence-corrected chi connectivity index (χ0v) is 26.0. The number of fused-ring (bicyclic) bond motifs is 3. The fourth-order valence-corrected chi connectivity index (χ4v) is 8.45. The van der Waals surface area contributed by atoms with Crippen LogP contribution >= 0.6 is 47.1 Å². The van der Waals surface area contributed by atoms with Gasteiger partial charge in [-0.25, -0.2) is 0 Å². The van der Waals surface area contributed by atoms with Crippen LogP contribution in [0.3, 0.4) is 0 Å². The number of thioether (sulfide) groups is 1. The highest BCUT2D eigenvalue weighted by molar-refractivity contribution is 14.0. The Bertz CT molecular complexity index is 1470. The van der Waals surface area contributed by atoms with Crippen molar-refractivity contribution in [3.63, 3.8) is 0 Å². The minimum Gasteiger partial charge on any atom is -0.335 e. The van der Waals surface area contributed by atoms with Crippen molar-refractivity contribution in [2.45, 2.75) is 64.8 Å². The molecule has 3 aliphatic rings. The van der Waals surface area contributed by atoms with Gasteiger partial charge in [0.05, 0.1) is 10.7 Å². The van der Waals surface area contributed by atoms with E-state index in [0.29, 0.717) is 5.92 Å². The molecule has 1 aromatic heterocycles. The molecule has 6 rings (SSSR count). The maximum Gasteiger partial charge on any atom is 0.263 e. The predicted octanol–water partition coefficient (Wildman–Crippen LogP) is 9.62.